The summed E-state index contributed by atoms with van der Waals surface area (Å²) >= 11 is 0. The molecule has 1 aromatic heterocycles. The van der Waals surface area contributed by atoms with Gasteiger partial charge >= 0.3 is 0 Å². The monoisotopic (exact) mass is 428 g/mol. The molecule has 0 bridgehead atoms. The van der Waals surface area contributed by atoms with E-state index in [0.717, 1.165) is 25.5 Å². The third-order valence-corrected chi connectivity index (χ3v) is 3.91. The lowest BCUT2D eigenvalue weighted by molar-refractivity contribution is 0.647. The molecule has 2 aromatic rings. The van der Waals surface area contributed by atoms with Gasteiger partial charge in [-0.05, 0) is 24.5 Å². The van der Waals surface area contributed by atoms with Gasteiger partial charge in [0.2, 0.25) is 0 Å². The Morgan fingerprint density at radius 1 is 1.09 bits per heavy atom. The molecule has 0 aliphatic rings. The van der Waals surface area contributed by atoms with E-state index in [4.69, 9.17) is 0 Å². The molecular formula is C18H29IN4. The number of guanidine groups is 1. The maximum atomic E-state index is 4.27. The lowest BCUT2D eigenvalue weighted by Gasteiger charge is -2.11. The number of aromatic amines is 1. The summed E-state index contributed by atoms with van der Waals surface area (Å²) in [4.78, 5) is 7.59. The van der Waals surface area contributed by atoms with E-state index < -0.39 is 0 Å². The van der Waals surface area contributed by atoms with Crippen LogP contribution in [0.25, 0.3) is 10.9 Å². The Kier molecular flexibility index (Phi) is 9.75. The summed E-state index contributed by atoms with van der Waals surface area (Å²) < 4.78 is 0. The molecule has 0 amide bonds. The Bertz CT molecular complexity index is 591. The number of rotatable bonds is 8. The van der Waals surface area contributed by atoms with Crippen LogP contribution in [0.15, 0.2) is 35.5 Å². The van der Waals surface area contributed by atoms with Gasteiger partial charge in [0.25, 0.3) is 0 Å². The zero-order chi connectivity index (χ0) is 15.6. The molecule has 2 rings (SSSR count). The van der Waals surface area contributed by atoms with E-state index in [0.29, 0.717) is 0 Å². The first kappa shape index (κ1) is 19.8. The standard InChI is InChI=1S/C18H28N4.HI/c1-3-4-5-8-12-20-18(19-2)21-13-11-15-14-22-17-10-7-6-9-16(15)17;/h6-7,9-10,14,22H,3-5,8,11-13H2,1-2H3,(H2,19,20,21);1H. The van der Waals surface area contributed by atoms with Crippen molar-refractivity contribution in [3.05, 3.63) is 36.0 Å². The number of aliphatic imine (C=N–C) groups is 1. The quantitative estimate of drug-likeness (QED) is 0.257. The van der Waals surface area contributed by atoms with Gasteiger partial charge in [0.15, 0.2) is 5.96 Å². The number of aromatic nitrogens is 1. The molecular weight excluding hydrogens is 399 g/mol. The Balaban J connectivity index is 0.00000264. The minimum absolute atomic E-state index is 0. The molecule has 3 N–H and O–H groups in total. The summed E-state index contributed by atoms with van der Waals surface area (Å²) in [6, 6.07) is 8.43. The number of unbranched alkanes of at least 4 members (excludes halogenated alkanes) is 3. The Hall–Kier alpha value is -1.24. The van der Waals surface area contributed by atoms with Crippen molar-refractivity contribution in [3.8, 4) is 0 Å². The smallest absolute Gasteiger partial charge is 0.190 e. The molecule has 0 atom stereocenters. The van der Waals surface area contributed by atoms with Crippen molar-refractivity contribution in [2.75, 3.05) is 20.1 Å². The maximum absolute atomic E-state index is 4.27. The van der Waals surface area contributed by atoms with Crippen molar-refractivity contribution in [1.82, 2.24) is 15.6 Å². The van der Waals surface area contributed by atoms with Gasteiger partial charge in [-0.3, -0.25) is 4.99 Å². The summed E-state index contributed by atoms with van der Waals surface area (Å²) in [6.45, 7) is 4.11. The fourth-order valence-electron chi connectivity index (χ4n) is 2.63. The summed E-state index contributed by atoms with van der Waals surface area (Å²) in [5.41, 5.74) is 2.55. The molecule has 0 aliphatic carbocycles. The van der Waals surface area contributed by atoms with Gasteiger partial charge in [-0.25, -0.2) is 0 Å². The van der Waals surface area contributed by atoms with E-state index in [1.807, 2.05) is 7.05 Å². The first-order chi connectivity index (χ1) is 10.8. The van der Waals surface area contributed by atoms with Crippen molar-refractivity contribution in [1.29, 1.82) is 0 Å². The largest absolute Gasteiger partial charge is 0.361 e. The van der Waals surface area contributed by atoms with Crippen LogP contribution in [0, 0.1) is 0 Å². The van der Waals surface area contributed by atoms with Crippen LogP contribution in [-0.2, 0) is 6.42 Å². The second kappa shape index (κ2) is 11.3. The Morgan fingerprint density at radius 3 is 2.65 bits per heavy atom. The Labute approximate surface area is 156 Å². The maximum Gasteiger partial charge on any atom is 0.190 e. The van der Waals surface area contributed by atoms with Crippen LogP contribution >= 0.6 is 24.0 Å². The predicted molar refractivity (Wildman–Crippen MR) is 111 cm³/mol. The lowest BCUT2D eigenvalue weighted by Crippen LogP contribution is -2.38. The number of fused-ring (bicyclic) bond motifs is 1. The lowest BCUT2D eigenvalue weighted by atomic mass is 10.1. The molecule has 23 heavy (non-hydrogen) atoms. The molecule has 0 unspecified atom stereocenters. The van der Waals surface area contributed by atoms with E-state index in [2.05, 4.69) is 58.0 Å². The predicted octanol–water partition coefficient (Wildman–Crippen LogP) is 4.07. The number of halogens is 1. The van der Waals surface area contributed by atoms with Crippen LogP contribution < -0.4 is 10.6 Å². The third kappa shape index (κ3) is 6.41. The molecule has 5 heteroatoms. The van der Waals surface area contributed by atoms with Gasteiger partial charge < -0.3 is 15.6 Å². The molecule has 128 valence electrons. The molecule has 0 saturated carbocycles. The third-order valence-electron chi connectivity index (χ3n) is 3.91. The number of hydrogen-bond donors (Lipinski definition) is 3. The van der Waals surface area contributed by atoms with Gasteiger partial charge in [0.1, 0.15) is 0 Å². The number of benzene rings is 1. The van der Waals surface area contributed by atoms with Crippen molar-refractivity contribution in [2.24, 2.45) is 4.99 Å². The van der Waals surface area contributed by atoms with E-state index in [1.54, 1.807) is 0 Å². The van der Waals surface area contributed by atoms with Crippen molar-refractivity contribution in [2.45, 2.75) is 39.0 Å². The second-order valence-electron chi connectivity index (χ2n) is 5.60. The topological polar surface area (TPSA) is 52.2 Å². The summed E-state index contributed by atoms with van der Waals surface area (Å²) in [7, 11) is 1.83. The average molecular weight is 428 g/mol. The highest BCUT2D eigenvalue weighted by atomic mass is 127. The van der Waals surface area contributed by atoms with Gasteiger partial charge in [-0.1, -0.05) is 44.4 Å². The van der Waals surface area contributed by atoms with E-state index in [9.17, 15) is 0 Å². The molecule has 0 aliphatic heterocycles. The zero-order valence-corrected chi connectivity index (χ0v) is 16.5. The van der Waals surface area contributed by atoms with Crippen LogP contribution in [0.4, 0.5) is 0 Å². The van der Waals surface area contributed by atoms with Gasteiger partial charge in [-0.15, -0.1) is 24.0 Å². The highest BCUT2D eigenvalue weighted by Crippen LogP contribution is 2.17. The van der Waals surface area contributed by atoms with Crippen LogP contribution in [-0.4, -0.2) is 31.1 Å². The second-order valence-corrected chi connectivity index (χ2v) is 5.60. The summed E-state index contributed by atoms with van der Waals surface area (Å²) in [5.74, 6) is 0.899. The molecule has 0 spiro atoms. The molecule has 0 fully saturated rings. The first-order valence-electron chi connectivity index (χ1n) is 8.34. The van der Waals surface area contributed by atoms with E-state index in [-0.39, 0.29) is 24.0 Å². The van der Waals surface area contributed by atoms with Crippen LogP contribution in [0.5, 0.6) is 0 Å². The fraction of sp³-hybridized carbons (Fsp3) is 0.500. The van der Waals surface area contributed by atoms with Crippen LogP contribution in [0.3, 0.4) is 0 Å². The molecule has 0 radical (unpaired) electrons. The number of H-pyrrole nitrogens is 1. The summed E-state index contributed by atoms with van der Waals surface area (Å²) in [5, 5.41) is 8.08. The van der Waals surface area contributed by atoms with Crippen LogP contribution in [0.1, 0.15) is 38.2 Å². The molecule has 0 saturated heterocycles. The van der Waals surface area contributed by atoms with E-state index in [1.165, 1.54) is 42.1 Å². The minimum Gasteiger partial charge on any atom is -0.361 e. The number of nitrogens with one attached hydrogen (secondary N) is 3. The number of para-hydroxylation sites is 1. The highest BCUT2D eigenvalue weighted by Gasteiger charge is 2.03. The Morgan fingerprint density at radius 2 is 1.87 bits per heavy atom. The van der Waals surface area contributed by atoms with Gasteiger partial charge in [-0.2, -0.15) is 0 Å². The molecule has 1 heterocycles. The molecule has 1 aromatic carbocycles. The number of nitrogens with zero attached hydrogens (tertiary/aromatic N) is 1. The SMILES string of the molecule is CCCCCCNC(=NC)NCCc1c[nH]c2ccccc12.I. The fourth-order valence-corrected chi connectivity index (χ4v) is 2.63. The highest BCUT2D eigenvalue weighted by molar-refractivity contribution is 14.0. The van der Waals surface area contributed by atoms with Crippen molar-refractivity contribution < 1.29 is 0 Å². The first-order valence-corrected chi connectivity index (χ1v) is 8.34. The zero-order valence-electron chi connectivity index (χ0n) is 14.2. The summed E-state index contributed by atoms with van der Waals surface area (Å²) in [6.07, 6.45) is 8.17. The minimum atomic E-state index is 0. The van der Waals surface area contributed by atoms with Crippen molar-refractivity contribution >= 4 is 40.8 Å². The normalized spacial score (nSPS) is 11.3. The van der Waals surface area contributed by atoms with Crippen LogP contribution in [0.2, 0.25) is 0 Å². The average Bonchev–Trinajstić information content (AvgIpc) is 2.96. The van der Waals surface area contributed by atoms with E-state index >= 15 is 0 Å². The van der Waals surface area contributed by atoms with Crippen molar-refractivity contribution in [3.63, 3.8) is 0 Å². The number of hydrogen-bond acceptors (Lipinski definition) is 1. The van der Waals surface area contributed by atoms with Gasteiger partial charge in [0.05, 0.1) is 0 Å². The van der Waals surface area contributed by atoms with Gasteiger partial charge in [0, 0.05) is 37.2 Å². The molecule has 4 nitrogen and oxygen atoms in total.